The van der Waals surface area contributed by atoms with Crippen LogP contribution in [0.5, 0.6) is 0 Å². The van der Waals surface area contributed by atoms with Gasteiger partial charge in [-0.05, 0) is 43.1 Å². The molecule has 2 aliphatic carbocycles. The first-order chi connectivity index (χ1) is 12.9. The fourth-order valence-corrected chi connectivity index (χ4v) is 7.78. The van der Waals surface area contributed by atoms with Gasteiger partial charge >= 0.3 is 0 Å². The third kappa shape index (κ3) is 3.66. The molecule has 154 valence electrons. The van der Waals surface area contributed by atoms with Crippen molar-refractivity contribution in [3.05, 3.63) is 42.5 Å². The van der Waals surface area contributed by atoms with E-state index in [1.807, 2.05) is 6.07 Å². The van der Waals surface area contributed by atoms with Crippen molar-refractivity contribution < 1.29 is 17.6 Å². The van der Waals surface area contributed by atoms with Gasteiger partial charge in [0.25, 0.3) is 0 Å². The van der Waals surface area contributed by atoms with Gasteiger partial charge in [0.05, 0.1) is 16.2 Å². The van der Waals surface area contributed by atoms with Crippen LogP contribution in [0.1, 0.15) is 40.0 Å². The molecule has 1 aromatic rings. The predicted octanol–water partition coefficient (Wildman–Crippen LogP) is 4.77. The van der Waals surface area contributed by atoms with Crippen molar-refractivity contribution in [3.8, 4) is 0 Å². The van der Waals surface area contributed by atoms with Gasteiger partial charge in [-0.25, -0.2) is 8.42 Å². The maximum atomic E-state index is 13.5. The van der Waals surface area contributed by atoms with Gasteiger partial charge in [0, 0.05) is 18.3 Å². The third-order valence-corrected chi connectivity index (χ3v) is 13.6. The fraction of sp³-hybridized carbons (Fsp3) is 0.591. The number of ketones is 1. The second-order valence-corrected chi connectivity index (χ2v) is 16.7. The zero-order valence-electron chi connectivity index (χ0n) is 17.6. The molecule has 2 aliphatic rings. The van der Waals surface area contributed by atoms with E-state index in [0.717, 1.165) is 5.57 Å². The summed E-state index contributed by atoms with van der Waals surface area (Å²) in [5.41, 5.74) is 0.753. The molecular weight excluding hydrogens is 388 g/mol. The van der Waals surface area contributed by atoms with Crippen LogP contribution in [0.25, 0.3) is 0 Å². The normalized spacial score (nSPS) is 29.0. The van der Waals surface area contributed by atoms with Crippen LogP contribution in [-0.2, 0) is 19.1 Å². The molecule has 0 radical (unpaired) electrons. The SMILES string of the molecule is C=C1C[C@@H](S(=O)(=O)c2ccccc2)[C@H]2[C@H]1C(=O)CC[C@H]2O[Si](C)(C)C(C)(C)C. The van der Waals surface area contributed by atoms with E-state index in [-0.39, 0.29) is 22.8 Å². The number of benzene rings is 1. The van der Waals surface area contributed by atoms with Crippen molar-refractivity contribution in [2.45, 2.75) is 74.4 Å². The lowest BCUT2D eigenvalue weighted by atomic mass is 9.77. The summed E-state index contributed by atoms with van der Waals surface area (Å²) in [5.74, 6) is -0.615. The summed E-state index contributed by atoms with van der Waals surface area (Å²) in [7, 11) is -5.67. The molecule has 0 saturated heterocycles. The Bertz CT molecular complexity index is 868. The molecule has 0 bridgehead atoms. The molecule has 0 aliphatic heterocycles. The number of fused-ring (bicyclic) bond motifs is 1. The smallest absolute Gasteiger partial charge is 0.192 e. The molecular formula is C22H32O4SSi. The standard InChI is InChI=1S/C22H32O4SSi/c1-15-14-19(27(24,25)16-10-8-7-9-11-16)21-18(13-12-17(23)20(15)21)26-28(5,6)22(2,3)4/h7-11,18-21H,1,12-14H2,2-6H3/t18-,19-,20-,21+/m1/s1. The van der Waals surface area contributed by atoms with Crippen LogP contribution >= 0.6 is 0 Å². The van der Waals surface area contributed by atoms with E-state index < -0.39 is 29.3 Å². The largest absolute Gasteiger partial charge is 0.414 e. The lowest BCUT2D eigenvalue weighted by molar-refractivity contribution is -0.127. The number of Topliss-reactive ketones (excluding diaryl/α,β-unsaturated/α-hetero) is 1. The molecule has 28 heavy (non-hydrogen) atoms. The summed E-state index contributed by atoms with van der Waals surface area (Å²) in [4.78, 5) is 13.0. The van der Waals surface area contributed by atoms with Crippen molar-refractivity contribution in [3.63, 3.8) is 0 Å². The minimum Gasteiger partial charge on any atom is -0.414 e. The first-order valence-electron chi connectivity index (χ1n) is 10.0. The van der Waals surface area contributed by atoms with Crippen LogP contribution in [0.4, 0.5) is 0 Å². The lowest BCUT2D eigenvalue weighted by Crippen LogP contribution is -2.51. The van der Waals surface area contributed by atoms with Crippen LogP contribution in [-0.4, -0.2) is 33.9 Å². The molecule has 6 heteroatoms. The zero-order valence-corrected chi connectivity index (χ0v) is 19.4. The maximum absolute atomic E-state index is 13.5. The topological polar surface area (TPSA) is 60.4 Å². The van der Waals surface area contributed by atoms with E-state index in [2.05, 4.69) is 40.4 Å². The second kappa shape index (κ2) is 7.22. The second-order valence-electron chi connectivity index (χ2n) is 9.74. The Kier molecular flexibility index (Phi) is 5.54. The molecule has 2 fully saturated rings. The quantitative estimate of drug-likeness (QED) is 0.520. The predicted molar refractivity (Wildman–Crippen MR) is 114 cm³/mol. The Morgan fingerprint density at radius 3 is 2.32 bits per heavy atom. The van der Waals surface area contributed by atoms with Crippen LogP contribution in [0.2, 0.25) is 18.1 Å². The molecule has 0 unspecified atom stereocenters. The summed E-state index contributed by atoms with van der Waals surface area (Å²) in [5, 5.41) is -0.626. The first-order valence-corrected chi connectivity index (χ1v) is 14.5. The number of hydrogen-bond acceptors (Lipinski definition) is 4. The van der Waals surface area contributed by atoms with Gasteiger partial charge in [-0.3, -0.25) is 4.79 Å². The Balaban J connectivity index is 2.01. The van der Waals surface area contributed by atoms with Crippen molar-refractivity contribution >= 4 is 23.9 Å². The van der Waals surface area contributed by atoms with Gasteiger partial charge in [-0.2, -0.15) is 0 Å². The maximum Gasteiger partial charge on any atom is 0.192 e. The number of sulfone groups is 1. The van der Waals surface area contributed by atoms with Crippen molar-refractivity contribution in [1.29, 1.82) is 0 Å². The van der Waals surface area contributed by atoms with Crippen LogP contribution in [0.3, 0.4) is 0 Å². The highest BCUT2D eigenvalue weighted by Gasteiger charge is 2.55. The molecule has 2 saturated carbocycles. The van der Waals surface area contributed by atoms with Crippen molar-refractivity contribution in [2.75, 3.05) is 0 Å². The summed E-state index contributed by atoms with van der Waals surface area (Å²) < 4.78 is 33.6. The number of allylic oxidation sites excluding steroid dienone is 1. The first kappa shape index (κ1) is 21.5. The lowest BCUT2D eigenvalue weighted by Gasteiger charge is -2.44. The van der Waals surface area contributed by atoms with Gasteiger partial charge in [-0.1, -0.05) is 51.1 Å². The van der Waals surface area contributed by atoms with E-state index in [1.165, 1.54) is 0 Å². The number of rotatable bonds is 4. The van der Waals surface area contributed by atoms with E-state index in [9.17, 15) is 13.2 Å². The van der Waals surface area contributed by atoms with Crippen molar-refractivity contribution in [2.24, 2.45) is 11.8 Å². The molecule has 0 spiro atoms. The Morgan fingerprint density at radius 1 is 1.14 bits per heavy atom. The monoisotopic (exact) mass is 420 g/mol. The average molecular weight is 421 g/mol. The summed E-state index contributed by atoms with van der Waals surface area (Å²) in [6.07, 6.45) is 1.17. The molecule has 1 aromatic carbocycles. The zero-order chi connectivity index (χ0) is 20.9. The molecule has 0 heterocycles. The Hall–Kier alpha value is -1.24. The third-order valence-electron chi connectivity index (χ3n) is 6.89. The van der Waals surface area contributed by atoms with Gasteiger partial charge in [-0.15, -0.1) is 0 Å². The Labute approximate surface area is 170 Å². The molecule has 0 amide bonds. The van der Waals surface area contributed by atoms with Crippen molar-refractivity contribution in [1.82, 2.24) is 0 Å². The Morgan fingerprint density at radius 2 is 1.75 bits per heavy atom. The molecule has 3 rings (SSSR count). The molecule has 4 atom stereocenters. The van der Waals surface area contributed by atoms with Gasteiger partial charge in [0.15, 0.2) is 18.2 Å². The number of carbonyl (C=O) groups is 1. The summed E-state index contributed by atoms with van der Waals surface area (Å²) in [6, 6.07) is 8.57. The van der Waals surface area contributed by atoms with Crippen LogP contribution in [0, 0.1) is 11.8 Å². The van der Waals surface area contributed by atoms with Gasteiger partial charge < -0.3 is 4.43 Å². The van der Waals surface area contributed by atoms with Crippen LogP contribution < -0.4 is 0 Å². The van der Waals surface area contributed by atoms with E-state index in [0.29, 0.717) is 24.2 Å². The van der Waals surface area contributed by atoms with Gasteiger partial charge in [0.2, 0.25) is 0 Å². The fourth-order valence-electron chi connectivity index (χ4n) is 4.33. The highest BCUT2D eigenvalue weighted by atomic mass is 32.2. The number of carbonyl (C=O) groups excluding carboxylic acids is 1. The highest BCUT2D eigenvalue weighted by molar-refractivity contribution is 7.92. The minimum absolute atomic E-state index is 0.0212. The van der Waals surface area contributed by atoms with E-state index in [1.54, 1.807) is 24.3 Å². The average Bonchev–Trinajstić information content (AvgIpc) is 2.96. The molecule has 0 N–H and O–H groups in total. The molecule has 4 nitrogen and oxygen atoms in total. The van der Waals surface area contributed by atoms with E-state index in [4.69, 9.17) is 4.43 Å². The minimum atomic E-state index is -3.57. The number of hydrogen-bond donors (Lipinski definition) is 0. The highest BCUT2D eigenvalue weighted by Crippen LogP contribution is 2.50. The van der Waals surface area contributed by atoms with Gasteiger partial charge in [0.1, 0.15) is 5.78 Å². The molecule has 0 aromatic heterocycles. The van der Waals surface area contributed by atoms with Crippen LogP contribution in [0.15, 0.2) is 47.4 Å². The summed E-state index contributed by atoms with van der Waals surface area (Å²) >= 11 is 0. The van der Waals surface area contributed by atoms with E-state index >= 15 is 0 Å². The summed E-state index contributed by atoms with van der Waals surface area (Å²) in [6.45, 7) is 15.0.